The van der Waals surface area contributed by atoms with E-state index in [0.29, 0.717) is 0 Å². The second-order valence-corrected chi connectivity index (χ2v) is 5.41. The van der Waals surface area contributed by atoms with Crippen molar-refractivity contribution in [2.75, 3.05) is 19.8 Å². The van der Waals surface area contributed by atoms with E-state index in [0.717, 1.165) is 10.2 Å². The Hall–Kier alpha value is -1.32. The third kappa shape index (κ3) is 2.74. The summed E-state index contributed by atoms with van der Waals surface area (Å²) in [5, 5.41) is 0. The molecule has 2 aromatic rings. The van der Waals surface area contributed by atoms with Crippen molar-refractivity contribution < 1.29 is 0 Å². The van der Waals surface area contributed by atoms with E-state index in [1.165, 1.54) is 11.1 Å². The molecule has 0 radical (unpaired) electrons. The number of benzene rings is 2. The summed E-state index contributed by atoms with van der Waals surface area (Å²) in [6.07, 6.45) is 0. The van der Waals surface area contributed by atoms with Crippen LogP contribution in [0.1, 0.15) is 17.2 Å². The number of nitrogen functional groups attached to an aromatic ring is 1. The molecule has 0 fully saturated rings. The zero-order valence-electron chi connectivity index (χ0n) is 10.6. The van der Waals surface area contributed by atoms with Gasteiger partial charge in [-0.25, -0.2) is 0 Å². The summed E-state index contributed by atoms with van der Waals surface area (Å²) >= 11 is 3.62. The zero-order chi connectivity index (χ0) is 13.1. The Kier molecular flexibility index (Phi) is 4.04. The van der Waals surface area contributed by atoms with Crippen LogP contribution in [-0.4, -0.2) is 19.0 Å². The van der Waals surface area contributed by atoms with Gasteiger partial charge in [-0.1, -0.05) is 46.3 Å². The number of nitrogens with zero attached hydrogens (tertiary/aromatic N) is 1. The molecule has 0 aromatic heterocycles. The van der Waals surface area contributed by atoms with Gasteiger partial charge in [0.25, 0.3) is 0 Å². The highest BCUT2D eigenvalue weighted by Crippen LogP contribution is 2.32. The Labute approximate surface area is 117 Å². The predicted octanol–water partition coefficient (Wildman–Crippen LogP) is 3.68. The van der Waals surface area contributed by atoms with Crippen molar-refractivity contribution in [3.63, 3.8) is 0 Å². The first kappa shape index (κ1) is 13.1. The minimum Gasteiger partial charge on any atom is -0.399 e. The summed E-state index contributed by atoms with van der Waals surface area (Å²) in [6.45, 7) is 0. The van der Waals surface area contributed by atoms with Crippen molar-refractivity contribution >= 4 is 21.6 Å². The van der Waals surface area contributed by atoms with E-state index in [2.05, 4.69) is 59.2 Å². The Morgan fingerprint density at radius 3 is 2.39 bits per heavy atom. The quantitative estimate of drug-likeness (QED) is 0.877. The maximum atomic E-state index is 5.88. The first-order chi connectivity index (χ1) is 8.59. The molecular formula is C15H17BrN2. The van der Waals surface area contributed by atoms with E-state index in [9.17, 15) is 0 Å². The largest absolute Gasteiger partial charge is 0.399 e. The molecule has 3 heteroatoms. The number of hydrogen-bond acceptors (Lipinski definition) is 2. The maximum absolute atomic E-state index is 5.88. The van der Waals surface area contributed by atoms with Gasteiger partial charge < -0.3 is 5.73 Å². The molecule has 1 unspecified atom stereocenters. The fourth-order valence-corrected chi connectivity index (χ4v) is 2.68. The van der Waals surface area contributed by atoms with E-state index in [4.69, 9.17) is 5.73 Å². The summed E-state index contributed by atoms with van der Waals surface area (Å²) in [5.41, 5.74) is 9.12. The lowest BCUT2D eigenvalue weighted by molar-refractivity contribution is 0.341. The molecule has 2 nitrogen and oxygen atoms in total. The first-order valence-electron chi connectivity index (χ1n) is 5.86. The van der Waals surface area contributed by atoms with Crippen molar-refractivity contribution in [1.29, 1.82) is 0 Å². The molecule has 0 saturated carbocycles. The van der Waals surface area contributed by atoms with Gasteiger partial charge in [-0.15, -0.1) is 0 Å². The molecule has 0 spiro atoms. The van der Waals surface area contributed by atoms with Gasteiger partial charge in [0.05, 0.1) is 6.04 Å². The highest BCUT2D eigenvalue weighted by molar-refractivity contribution is 9.10. The van der Waals surface area contributed by atoms with Crippen LogP contribution >= 0.6 is 15.9 Å². The molecule has 0 aliphatic rings. The maximum Gasteiger partial charge on any atom is 0.0608 e. The second kappa shape index (κ2) is 5.55. The molecule has 2 N–H and O–H groups in total. The van der Waals surface area contributed by atoms with Gasteiger partial charge in [0, 0.05) is 10.2 Å². The van der Waals surface area contributed by atoms with E-state index in [-0.39, 0.29) is 6.04 Å². The predicted molar refractivity (Wildman–Crippen MR) is 80.5 cm³/mol. The standard InChI is InChI=1S/C15H17BrN2/c1-18(2)15(11-6-5-7-12(17)10-11)13-8-3-4-9-14(13)16/h3-10,15H,17H2,1-2H3. The van der Waals surface area contributed by atoms with Crippen LogP contribution in [0.4, 0.5) is 5.69 Å². The number of hydrogen-bond donors (Lipinski definition) is 1. The molecule has 2 rings (SSSR count). The smallest absolute Gasteiger partial charge is 0.0608 e. The van der Waals surface area contributed by atoms with Gasteiger partial charge in [-0.3, -0.25) is 4.90 Å². The van der Waals surface area contributed by atoms with Crippen molar-refractivity contribution in [3.05, 3.63) is 64.1 Å². The lowest BCUT2D eigenvalue weighted by atomic mass is 9.97. The van der Waals surface area contributed by atoms with Gasteiger partial charge in [0.1, 0.15) is 0 Å². The molecule has 18 heavy (non-hydrogen) atoms. The molecular weight excluding hydrogens is 288 g/mol. The van der Waals surface area contributed by atoms with Gasteiger partial charge >= 0.3 is 0 Å². The molecule has 94 valence electrons. The molecule has 1 atom stereocenters. The number of nitrogens with two attached hydrogens (primary N) is 1. The second-order valence-electron chi connectivity index (χ2n) is 4.56. The topological polar surface area (TPSA) is 29.3 Å². The van der Waals surface area contributed by atoms with Crippen LogP contribution in [0.5, 0.6) is 0 Å². The third-order valence-corrected chi connectivity index (χ3v) is 3.66. The van der Waals surface area contributed by atoms with Crippen molar-refractivity contribution in [3.8, 4) is 0 Å². The summed E-state index contributed by atoms with van der Waals surface area (Å²) < 4.78 is 1.12. The number of halogens is 1. The highest BCUT2D eigenvalue weighted by Gasteiger charge is 2.18. The summed E-state index contributed by atoms with van der Waals surface area (Å²) in [5.74, 6) is 0. The average Bonchev–Trinajstić information content (AvgIpc) is 2.32. The normalized spacial score (nSPS) is 12.7. The minimum atomic E-state index is 0.198. The third-order valence-electron chi connectivity index (χ3n) is 2.94. The van der Waals surface area contributed by atoms with E-state index in [1.807, 2.05) is 24.3 Å². The van der Waals surface area contributed by atoms with Gasteiger partial charge in [0.15, 0.2) is 0 Å². The van der Waals surface area contributed by atoms with Crippen molar-refractivity contribution in [2.24, 2.45) is 0 Å². The molecule has 2 aromatic carbocycles. The Morgan fingerprint density at radius 1 is 1.06 bits per heavy atom. The van der Waals surface area contributed by atoms with Crippen LogP contribution in [-0.2, 0) is 0 Å². The highest BCUT2D eigenvalue weighted by atomic mass is 79.9. The van der Waals surface area contributed by atoms with E-state index < -0.39 is 0 Å². The molecule has 0 aliphatic heterocycles. The fourth-order valence-electron chi connectivity index (χ4n) is 2.18. The Balaban J connectivity index is 2.50. The van der Waals surface area contributed by atoms with Crippen LogP contribution in [0.2, 0.25) is 0 Å². The van der Waals surface area contributed by atoms with Crippen LogP contribution in [0.25, 0.3) is 0 Å². The van der Waals surface area contributed by atoms with Crippen LogP contribution in [0.3, 0.4) is 0 Å². The molecule has 0 amide bonds. The lowest BCUT2D eigenvalue weighted by Crippen LogP contribution is -2.21. The molecule has 0 bridgehead atoms. The average molecular weight is 305 g/mol. The Bertz CT molecular complexity index is 538. The summed E-state index contributed by atoms with van der Waals surface area (Å²) in [4.78, 5) is 2.19. The van der Waals surface area contributed by atoms with E-state index in [1.54, 1.807) is 0 Å². The monoisotopic (exact) mass is 304 g/mol. The summed E-state index contributed by atoms with van der Waals surface area (Å²) in [7, 11) is 4.15. The first-order valence-corrected chi connectivity index (χ1v) is 6.65. The number of anilines is 1. The Morgan fingerprint density at radius 2 is 1.78 bits per heavy atom. The molecule has 0 heterocycles. The van der Waals surface area contributed by atoms with Gasteiger partial charge in [-0.2, -0.15) is 0 Å². The lowest BCUT2D eigenvalue weighted by Gasteiger charge is -2.26. The number of rotatable bonds is 3. The van der Waals surface area contributed by atoms with Gasteiger partial charge in [-0.05, 0) is 43.4 Å². The van der Waals surface area contributed by atoms with Crippen molar-refractivity contribution in [2.45, 2.75) is 6.04 Å². The SMILES string of the molecule is CN(C)C(c1cccc(N)c1)c1ccccc1Br. The van der Waals surface area contributed by atoms with Crippen LogP contribution < -0.4 is 5.73 Å². The molecule has 0 saturated heterocycles. The zero-order valence-corrected chi connectivity index (χ0v) is 12.2. The van der Waals surface area contributed by atoms with E-state index >= 15 is 0 Å². The van der Waals surface area contributed by atoms with Crippen LogP contribution in [0.15, 0.2) is 53.0 Å². The fraction of sp³-hybridized carbons (Fsp3) is 0.200. The molecule has 0 aliphatic carbocycles. The van der Waals surface area contributed by atoms with Crippen molar-refractivity contribution in [1.82, 2.24) is 4.90 Å². The minimum absolute atomic E-state index is 0.198. The van der Waals surface area contributed by atoms with Crippen LogP contribution in [0, 0.1) is 0 Å². The van der Waals surface area contributed by atoms with Gasteiger partial charge in [0.2, 0.25) is 0 Å². The summed E-state index contributed by atoms with van der Waals surface area (Å²) in [6, 6.07) is 16.5.